The zero-order chi connectivity index (χ0) is 21.4. The average Bonchev–Trinajstić information content (AvgIpc) is 3.27. The van der Waals surface area contributed by atoms with E-state index >= 15 is 0 Å². The van der Waals surface area contributed by atoms with E-state index in [0.717, 1.165) is 57.8 Å². The molecule has 4 rings (SSSR count). The van der Waals surface area contributed by atoms with Gasteiger partial charge < -0.3 is 25.3 Å². The monoisotopic (exact) mass is 412 g/mol. The summed E-state index contributed by atoms with van der Waals surface area (Å²) in [6, 6.07) is 2.50. The van der Waals surface area contributed by atoms with Crippen LogP contribution in [-0.2, 0) is 4.79 Å². The van der Waals surface area contributed by atoms with E-state index in [-0.39, 0.29) is 29.9 Å². The van der Waals surface area contributed by atoms with Gasteiger partial charge in [0.25, 0.3) is 0 Å². The third-order valence-electron chi connectivity index (χ3n) is 6.61. The van der Waals surface area contributed by atoms with Gasteiger partial charge in [-0.2, -0.15) is 4.98 Å². The van der Waals surface area contributed by atoms with Crippen LogP contribution in [0.2, 0.25) is 0 Å². The Hall–Kier alpha value is -2.68. The number of carbonyl (C=O) groups excluding carboxylic acids is 1. The molecule has 9 heteroatoms. The second-order valence-electron chi connectivity index (χ2n) is 8.62. The summed E-state index contributed by atoms with van der Waals surface area (Å²) in [4.78, 5) is 30.5. The highest BCUT2D eigenvalue weighted by Crippen LogP contribution is 2.35. The van der Waals surface area contributed by atoms with Crippen LogP contribution < -0.4 is 15.5 Å². The summed E-state index contributed by atoms with van der Waals surface area (Å²) < 4.78 is 0. The van der Waals surface area contributed by atoms with Crippen molar-refractivity contribution in [3.05, 3.63) is 24.4 Å². The lowest BCUT2D eigenvalue weighted by atomic mass is 10.1. The van der Waals surface area contributed by atoms with Crippen molar-refractivity contribution in [3.8, 4) is 0 Å². The number of likely N-dealkylation sites (N-methyl/N-ethyl adjacent to an activating group) is 1. The molecule has 0 radical (unpaired) electrons. The van der Waals surface area contributed by atoms with Gasteiger partial charge in [0.15, 0.2) is 0 Å². The largest absolute Gasteiger partial charge is 0.382 e. The molecular formula is C21H32N8O. The minimum absolute atomic E-state index is 0.000312. The number of rotatable bonds is 4. The third kappa shape index (κ3) is 3.74. The van der Waals surface area contributed by atoms with Crippen molar-refractivity contribution < 1.29 is 4.79 Å². The first-order valence-corrected chi connectivity index (χ1v) is 10.8. The average molecular weight is 413 g/mol. The summed E-state index contributed by atoms with van der Waals surface area (Å²) in [5.74, 6) is 1.39. The van der Waals surface area contributed by atoms with Crippen molar-refractivity contribution in [1.82, 2.24) is 19.8 Å². The fraction of sp³-hybridized carbons (Fsp3) is 0.619. The van der Waals surface area contributed by atoms with Gasteiger partial charge in [-0.05, 0) is 45.9 Å². The Bertz CT molecular complexity index is 842. The zero-order valence-corrected chi connectivity index (χ0v) is 17.9. The van der Waals surface area contributed by atoms with Crippen molar-refractivity contribution in [3.63, 3.8) is 0 Å². The molecule has 3 fully saturated rings. The number of nitrogens with one attached hydrogen (secondary N) is 1. The summed E-state index contributed by atoms with van der Waals surface area (Å²) in [7, 11) is 2.14. The van der Waals surface area contributed by atoms with Gasteiger partial charge in [0.2, 0.25) is 11.9 Å². The molecule has 3 aliphatic rings. The molecule has 162 valence electrons. The van der Waals surface area contributed by atoms with Crippen molar-refractivity contribution in [2.75, 3.05) is 49.6 Å². The Morgan fingerprint density at radius 3 is 2.70 bits per heavy atom. The van der Waals surface area contributed by atoms with Crippen molar-refractivity contribution in [2.45, 2.75) is 44.3 Å². The molecule has 0 saturated carbocycles. The number of nitrogens with two attached hydrogens (primary N) is 1. The molecule has 0 bridgehead atoms. The first kappa shape index (κ1) is 20.6. The highest BCUT2D eigenvalue weighted by molar-refractivity contribution is 5.94. The van der Waals surface area contributed by atoms with Crippen LogP contribution in [-0.4, -0.2) is 89.4 Å². The van der Waals surface area contributed by atoms with Crippen molar-refractivity contribution >= 4 is 23.5 Å². The van der Waals surface area contributed by atoms with E-state index in [9.17, 15) is 4.79 Å². The zero-order valence-electron chi connectivity index (χ0n) is 17.9. The quantitative estimate of drug-likeness (QED) is 0.425. The highest BCUT2D eigenvalue weighted by atomic mass is 16.2. The maximum atomic E-state index is 12.2. The Morgan fingerprint density at radius 1 is 1.20 bits per heavy atom. The van der Waals surface area contributed by atoms with E-state index < -0.39 is 0 Å². The van der Waals surface area contributed by atoms with Gasteiger partial charge in [0.1, 0.15) is 17.3 Å². The van der Waals surface area contributed by atoms with Crippen molar-refractivity contribution in [1.29, 1.82) is 5.41 Å². The van der Waals surface area contributed by atoms with Crippen LogP contribution >= 0.6 is 0 Å². The number of nitrogen functional groups attached to an aromatic ring is 1. The van der Waals surface area contributed by atoms with Gasteiger partial charge in [-0.1, -0.05) is 6.58 Å². The SMILES string of the molecule is C=CC(=O)N1CCC2C1CCN2c1cc(C(=N)N)nc(N2CCCN(C)C[C@@H]2C)n1. The number of likely N-dealkylation sites (tertiary alicyclic amines) is 1. The molecule has 3 atom stereocenters. The van der Waals surface area contributed by atoms with Crippen LogP contribution in [0.15, 0.2) is 18.7 Å². The maximum Gasteiger partial charge on any atom is 0.246 e. The van der Waals surface area contributed by atoms with E-state index in [1.165, 1.54) is 6.08 Å². The molecule has 1 aromatic heterocycles. The lowest BCUT2D eigenvalue weighted by Crippen LogP contribution is -2.41. The lowest BCUT2D eigenvalue weighted by Gasteiger charge is -2.30. The molecule has 0 spiro atoms. The van der Waals surface area contributed by atoms with E-state index in [2.05, 4.69) is 40.2 Å². The molecule has 1 amide bonds. The predicted octanol–water partition coefficient (Wildman–Crippen LogP) is 0.657. The van der Waals surface area contributed by atoms with Crippen LogP contribution in [0.4, 0.5) is 11.8 Å². The topological polar surface area (TPSA) is 106 Å². The molecule has 3 saturated heterocycles. The second-order valence-corrected chi connectivity index (χ2v) is 8.62. The Labute approximate surface area is 178 Å². The first-order chi connectivity index (χ1) is 14.4. The number of hydrogen-bond donors (Lipinski definition) is 2. The number of nitrogens with zero attached hydrogens (tertiary/aromatic N) is 6. The van der Waals surface area contributed by atoms with Crippen molar-refractivity contribution in [2.24, 2.45) is 5.73 Å². The summed E-state index contributed by atoms with van der Waals surface area (Å²) in [6.07, 6.45) is 4.25. The molecule has 4 heterocycles. The van der Waals surface area contributed by atoms with Gasteiger partial charge in [0.05, 0.1) is 12.1 Å². The number of carbonyl (C=O) groups is 1. The minimum atomic E-state index is -0.0508. The van der Waals surface area contributed by atoms with E-state index in [0.29, 0.717) is 11.6 Å². The maximum absolute atomic E-state index is 12.2. The molecule has 3 aliphatic heterocycles. The molecule has 0 aromatic carbocycles. The lowest BCUT2D eigenvalue weighted by molar-refractivity contribution is -0.126. The Balaban J connectivity index is 1.65. The highest BCUT2D eigenvalue weighted by Gasteiger charge is 2.44. The standard InChI is InChI=1S/C21H32N8O/c1-4-19(30)29-11-7-16-17(29)6-10-28(16)18-12-15(20(22)23)24-21(25-18)27-9-5-8-26(3)13-14(27)2/h4,12,14,16-17H,1,5-11,13H2,2-3H3,(H3,22,23)/t14-,16?,17?/m0/s1. The molecule has 2 unspecified atom stereocenters. The molecule has 3 N–H and O–H groups in total. The van der Waals surface area contributed by atoms with Crippen LogP contribution in [0.25, 0.3) is 0 Å². The van der Waals surface area contributed by atoms with Gasteiger partial charge in [-0.15, -0.1) is 0 Å². The van der Waals surface area contributed by atoms with Gasteiger partial charge in [-0.25, -0.2) is 4.98 Å². The van der Waals surface area contributed by atoms with E-state index in [1.807, 2.05) is 11.0 Å². The minimum Gasteiger partial charge on any atom is -0.382 e. The smallest absolute Gasteiger partial charge is 0.246 e. The third-order valence-corrected chi connectivity index (χ3v) is 6.61. The predicted molar refractivity (Wildman–Crippen MR) is 118 cm³/mol. The number of aromatic nitrogens is 2. The van der Waals surface area contributed by atoms with Gasteiger partial charge >= 0.3 is 0 Å². The number of anilines is 2. The van der Waals surface area contributed by atoms with E-state index in [4.69, 9.17) is 16.1 Å². The second kappa shape index (κ2) is 8.22. The molecule has 9 nitrogen and oxygen atoms in total. The summed E-state index contributed by atoms with van der Waals surface area (Å²) in [6.45, 7) is 10.2. The fourth-order valence-electron chi connectivity index (χ4n) is 5.17. The molecule has 0 aliphatic carbocycles. The van der Waals surface area contributed by atoms with Crippen LogP contribution in [0.5, 0.6) is 0 Å². The Kier molecular flexibility index (Phi) is 5.64. The number of amides is 1. The Morgan fingerprint density at radius 2 is 1.97 bits per heavy atom. The molecule has 30 heavy (non-hydrogen) atoms. The first-order valence-electron chi connectivity index (χ1n) is 10.8. The van der Waals surface area contributed by atoms with Gasteiger partial charge in [-0.3, -0.25) is 10.2 Å². The van der Waals surface area contributed by atoms with Gasteiger partial charge in [0, 0.05) is 38.3 Å². The molecular weight excluding hydrogens is 380 g/mol. The van der Waals surface area contributed by atoms with E-state index in [1.54, 1.807) is 0 Å². The molecule has 1 aromatic rings. The van der Waals surface area contributed by atoms with Crippen LogP contribution in [0, 0.1) is 5.41 Å². The summed E-state index contributed by atoms with van der Waals surface area (Å²) in [5.41, 5.74) is 6.30. The normalized spacial score (nSPS) is 27.1. The number of hydrogen-bond acceptors (Lipinski definition) is 7. The fourth-order valence-corrected chi connectivity index (χ4v) is 5.17. The summed E-state index contributed by atoms with van der Waals surface area (Å²) >= 11 is 0. The van der Waals surface area contributed by atoms with Crippen LogP contribution in [0.1, 0.15) is 31.9 Å². The number of amidine groups is 1. The van der Waals surface area contributed by atoms with Crippen LogP contribution in [0.3, 0.4) is 0 Å². The summed E-state index contributed by atoms with van der Waals surface area (Å²) in [5, 5.41) is 7.98. The number of fused-ring (bicyclic) bond motifs is 1.